The van der Waals surface area contributed by atoms with Crippen molar-refractivity contribution in [3.05, 3.63) is 69.2 Å². The van der Waals surface area contributed by atoms with Crippen molar-refractivity contribution in [2.45, 2.75) is 16.6 Å². The van der Waals surface area contributed by atoms with Crippen LogP contribution in [0.2, 0.25) is 15.1 Å². The Morgan fingerprint density at radius 3 is 2.21 bits per heavy atom. The lowest BCUT2D eigenvalue weighted by Gasteiger charge is -2.27. The second-order valence-electron chi connectivity index (χ2n) is 6.25. The predicted octanol–water partition coefficient (Wildman–Crippen LogP) is 4.55. The van der Waals surface area contributed by atoms with Crippen molar-refractivity contribution in [1.82, 2.24) is 0 Å². The van der Waals surface area contributed by atoms with Crippen molar-refractivity contribution in [3.8, 4) is 0 Å². The van der Waals surface area contributed by atoms with Crippen LogP contribution in [0.25, 0.3) is 5.57 Å². The summed E-state index contributed by atoms with van der Waals surface area (Å²) in [5.41, 5.74) is 1.12. The molecule has 0 amide bonds. The molecule has 0 heterocycles. The van der Waals surface area contributed by atoms with Gasteiger partial charge < -0.3 is 5.11 Å². The van der Waals surface area contributed by atoms with Gasteiger partial charge in [0.05, 0.1) is 25.9 Å². The summed E-state index contributed by atoms with van der Waals surface area (Å²) in [6.45, 7) is 0. The highest BCUT2D eigenvalue weighted by molar-refractivity contribution is 7.93. The molecular formula is C19H13Cl3O5S. The molecule has 0 fully saturated rings. The Kier molecular flexibility index (Phi) is 5.87. The van der Waals surface area contributed by atoms with Crippen LogP contribution in [-0.4, -0.2) is 30.5 Å². The van der Waals surface area contributed by atoms with Crippen molar-refractivity contribution in [2.24, 2.45) is 5.92 Å². The zero-order valence-corrected chi connectivity index (χ0v) is 17.2. The van der Waals surface area contributed by atoms with Crippen LogP contribution in [0.4, 0.5) is 0 Å². The zero-order chi connectivity index (χ0) is 20.6. The van der Waals surface area contributed by atoms with Gasteiger partial charge in [0.25, 0.3) is 0 Å². The molecule has 2 atom stereocenters. The van der Waals surface area contributed by atoms with Gasteiger partial charge in [0.15, 0.2) is 15.6 Å². The molecule has 1 aliphatic carbocycles. The summed E-state index contributed by atoms with van der Waals surface area (Å²) < 4.78 is 26.3. The number of rotatable bonds is 4. The van der Waals surface area contributed by atoms with Crippen molar-refractivity contribution >= 4 is 62.0 Å². The van der Waals surface area contributed by atoms with E-state index in [1.807, 2.05) is 0 Å². The van der Waals surface area contributed by atoms with E-state index >= 15 is 0 Å². The van der Waals surface area contributed by atoms with E-state index in [1.54, 1.807) is 30.3 Å². The molecule has 0 spiro atoms. The normalized spacial score (nSPS) is 20.0. The summed E-state index contributed by atoms with van der Waals surface area (Å²) >= 11 is 17.7. The smallest absolute Gasteiger partial charge is 0.308 e. The van der Waals surface area contributed by atoms with Crippen LogP contribution < -0.4 is 0 Å². The molecule has 146 valence electrons. The number of carboxylic acid groups (broad SMARTS) is 1. The van der Waals surface area contributed by atoms with Crippen LogP contribution in [0.5, 0.6) is 0 Å². The van der Waals surface area contributed by atoms with E-state index in [1.165, 1.54) is 6.08 Å². The highest BCUT2D eigenvalue weighted by Gasteiger charge is 2.46. The van der Waals surface area contributed by atoms with Crippen molar-refractivity contribution < 1.29 is 23.1 Å². The van der Waals surface area contributed by atoms with Gasteiger partial charge in [-0.3, -0.25) is 9.59 Å². The van der Waals surface area contributed by atoms with Crippen molar-refractivity contribution in [3.63, 3.8) is 0 Å². The first-order valence-corrected chi connectivity index (χ1v) is 10.7. The maximum absolute atomic E-state index is 13.1. The lowest BCUT2D eigenvalue weighted by Crippen LogP contribution is -2.43. The number of aliphatic carboxylic acids is 1. The summed E-state index contributed by atoms with van der Waals surface area (Å²) in [7, 11) is -4.43. The molecule has 5 nitrogen and oxygen atoms in total. The molecule has 0 aromatic heterocycles. The molecule has 2 aromatic rings. The summed E-state index contributed by atoms with van der Waals surface area (Å²) in [5, 5.41) is 7.57. The lowest BCUT2D eigenvalue weighted by atomic mass is 9.84. The van der Waals surface area contributed by atoms with Crippen LogP contribution in [0.3, 0.4) is 0 Å². The summed E-state index contributed by atoms with van der Waals surface area (Å²) in [4.78, 5) is 24.2. The molecule has 0 saturated heterocycles. The van der Waals surface area contributed by atoms with E-state index < -0.39 is 37.7 Å². The molecule has 9 heteroatoms. The van der Waals surface area contributed by atoms with E-state index in [-0.39, 0.29) is 21.5 Å². The lowest BCUT2D eigenvalue weighted by molar-refractivity contribution is -0.143. The van der Waals surface area contributed by atoms with E-state index in [9.17, 15) is 23.1 Å². The number of benzene rings is 2. The molecule has 2 aromatic carbocycles. The number of carbonyl (C=O) groups excluding carboxylic acids is 1. The topological polar surface area (TPSA) is 88.5 Å². The summed E-state index contributed by atoms with van der Waals surface area (Å²) in [5.74, 6) is -3.68. The fourth-order valence-electron chi connectivity index (χ4n) is 3.15. The van der Waals surface area contributed by atoms with Crippen molar-refractivity contribution in [1.29, 1.82) is 0 Å². The SMILES string of the molecule is O=C(O)C1CC(c2ccccc2)=CC(=O)C1S(=O)(=O)c1cc(Cl)c(Cl)cc1Cl. The highest BCUT2D eigenvalue weighted by atomic mass is 35.5. The number of sulfone groups is 1. The van der Waals surface area contributed by atoms with Gasteiger partial charge in [0.1, 0.15) is 5.25 Å². The third kappa shape index (κ3) is 3.82. The second-order valence-corrected chi connectivity index (χ2v) is 9.51. The van der Waals surface area contributed by atoms with Crippen molar-refractivity contribution in [2.75, 3.05) is 0 Å². The summed E-state index contributed by atoms with van der Waals surface area (Å²) in [6.07, 6.45) is 1.07. The first kappa shape index (κ1) is 20.9. The van der Waals surface area contributed by atoms with Crippen LogP contribution in [0.15, 0.2) is 53.4 Å². The fraction of sp³-hybridized carbons (Fsp3) is 0.158. The van der Waals surface area contributed by atoms with Gasteiger partial charge in [-0.1, -0.05) is 65.1 Å². The maximum atomic E-state index is 13.1. The molecule has 0 aliphatic heterocycles. The minimum atomic E-state index is -4.43. The number of carboxylic acids is 1. The first-order chi connectivity index (χ1) is 13.1. The Hall–Kier alpha value is -1.86. The average Bonchev–Trinajstić information content (AvgIpc) is 2.64. The van der Waals surface area contributed by atoms with E-state index in [0.717, 1.165) is 12.1 Å². The molecular weight excluding hydrogens is 447 g/mol. The van der Waals surface area contributed by atoms with Crippen LogP contribution in [-0.2, 0) is 19.4 Å². The largest absolute Gasteiger partial charge is 0.481 e. The average molecular weight is 460 g/mol. The standard InChI is InChI=1S/C19H13Cl3O5S/c20-13-8-15(22)17(9-14(13)21)28(26,27)18-12(19(24)25)6-11(7-16(18)23)10-4-2-1-3-5-10/h1-5,7-9,12,18H,6H2,(H,24,25). The Bertz CT molecular complexity index is 1090. The van der Waals surface area contributed by atoms with Gasteiger partial charge >= 0.3 is 5.97 Å². The molecule has 1 N–H and O–H groups in total. The van der Waals surface area contributed by atoms with E-state index in [4.69, 9.17) is 34.8 Å². The number of halogens is 3. The quantitative estimate of drug-likeness (QED) is 0.678. The summed E-state index contributed by atoms with van der Waals surface area (Å²) in [6, 6.07) is 10.9. The number of ketones is 1. The number of allylic oxidation sites excluding steroid dienone is 2. The Morgan fingerprint density at radius 2 is 1.61 bits per heavy atom. The van der Waals surface area contributed by atoms with Crippen LogP contribution in [0, 0.1) is 5.92 Å². The molecule has 3 rings (SSSR count). The monoisotopic (exact) mass is 458 g/mol. The van der Waals surface area contributed by atoms with Gasteiger partial charge in [-0.2, -0.15) is 0 Å². The molecule has 0 bridgehead atoms. The zero-order valence-electron chi connectivity index (χ0n) is 14.1. The van der Waals surface area contributed by atoms with Gasteiger partial charge in [-0.05, 0) is 35.8 Å². The minimum absolute atomic E-state index is 0.0432. The molecule has 0 radical (unpaired) electrons. The third-order valence-electron chi connectivity index (χ3n) is 4.48. The van der Waals surface area contributed by atoms with Crippen LogP contribution in [0.1, 0.15) is 12.0 Å². The molecule has 28 heavy (non-hydrogen) atoms. The van der Waals surface area contributed by atoms with E-state index in [2.05, 4.69) is 0 Å². The van der Waals surface area contributed by atoms with Gasteiger partial charge in [-0.25, -0.2) is 8.42 Å². The Balaban J connectivity index is 2.12. The number of hydrogen-bond acceptors (Lipinski definition) is 4. The number of hydrogen-bond donors (Lipinski definition) is 1. The Morgan fingerprint density at radius 1 is 1.00 bits per heavy atom. The molecule has 2 unspecified atom stereocenters. The van der Waals surface area contributed by atoms with Gasteiger partial charge in [0.2, 0.25) is 0 Å². The Labute approximate surface area is 176 Å². The molecule has 1 aliphatic rings. The first-order valence-electron chi connectivity index (χ1n) is 8.04. The van der Waals surface area contributed by atoms with Gasteiger partial charge in [0, 0.05) is 0 Å². The third-order valence-corrected chi connectivity index (χ3v) is 7.81. The minimum Gasteiger partial charge on any atom is -0.481 e. The fourth-order valence-corrected chi connectivity index (χ4v) is 5.99. The van der Waals surface area contributed by atoms with Gasteiger partial charge in [-0.15, -0.1) is 0 Å². The second kappa shape index (κ2) is 7.87. The van der Waals surface area contributed by atoms with E-state index in [0.29, 0.717) is 11.1 Å². The highest BCUT2D eigenvalue weighted by Crippen LogP contribution is 2.39. The number of carbonyl (C=O) groups is 2. The van der Waals surface area contributed by atoms with Crippen LogP contribution >= 0.6 is 34.8 Å². The maximum Gasteiger partial charge on any atom is 0.308 e. The molecule has 0 saturated carbocycles. The predicted molar refractivity (Wildman–Crippen MR) is 108 cm³/mol.